The van der Waals surface area contributed by atoms with Gasteiger partial charge in [0.1, 0.15) is 18.3 Å². The number of anilines is 1. The number of amides is 1. The van der Waals surface area contributed by atoms with Crippen molar-refractivity contribution in [3.8, 4) is 0 Å². The lowest BCUT2D eigenvalue weighted by Crippen LogP contribution is -2.44. The molecule has 0 saturated carbocycles. The van der Waals surface area contributed by atoms with Crippen LogP contribution in [0, 0.1) is 0 Å². The van der Waals surface area contributed by atoms with E-state index in [0.29, 0.717) is 5.69 Å². The summed E-state index contributed by atoms with van der Waals surface area (Å²) < 4.78 is 38.2. The average Bonchev–Trinajstić information content (AvgIpc) is 3.03. The molecule has 2 aliphatic rings. The Labute approximate surface area is 133 Å². The molecule has 2 fully saturated rings. The molecule has 126 valence electrons. The van der Waals surface area contributed by atoms with Gasteiger partial charge in [0.2, 0.25) is 15.9 Å². The molecule has 2 saturated heterocycles. The SMILES string of the molecule is CC(=O)Nc1ccc(S(=O)(=O)NC2COC3C(O)COC23)cc1. The fraction of sp³-hybridized carbons (Fsp3) is 0.500. The second-order valence-electron chi connectivity index (χ2n) is 5.60. The van der Waals surface area contributed by atoms with Crippen LogP contribution in [-0.2, 0) is 24.3 Å². The molecule has 0 radical (unpaired) electrons. The summed E-state index contributed by atoms with van der Waals surface area (Å²) in [5.74, 6) is -0.232. The molecule has 2 heterocycles. The quantitative estimate of drug-likeness (QED) is 0.677. The highest BCUT2D eigenvalue weighted by Gasteiger charge is 2.48. The Balaban J connectivity index is 1.71. The Hall–Kier alpha value is -1.52. The van der Waals surface area contributed by atoms with Crippen LogP contribution >= 0.6 is 0 Å². The number of sulfonamides is 1. The van der Waals surface area contributed by atoms with E-state index in [0.717, 1.165) is 0 Å². The molecule has 4 atom stereocenters. The van der Waals surface area contributed by atoms with Crippen molar-refractivity contribution < 1.29 is 27.8 Å². The minimum absolute atomic E-state index is 0.0774. The number of ether oxygens (including phenoxy) is 2. The molecule has 1 amide bonds. The first kappa shape index (κ1) is 16.3. The van der Waals surface area contributed by atoms with Crippen LogP contribution in [-0.4, -0.2) is 57.0 Å². The lowest BCUT2D eigenvalue weighted by molar-refractivity contribution is -0.114. The van der Waals surface area contributed by atoms with Crippen LogP contribution in [0.4, 0.5) is 5.69 Å². The number of aliphatic hydroxyl groups excluding tert-OH is 1. The zero-order valence-corrected chi connectivity index (χ0v) is 13.2. The maximum absolute atomic E-state index is 12.4. The molecule has 8 nitrogen and oxygen atoms in total. The van der Waals surface area contributed by atoms with Crippen molar-refractivity contribution in [2.24, 2.45) is 0 Å². The van der Waals surface area contributed by atoms with E-state index in [4.69, 9.17) is 9.47 Å². The summed E-state index contributed by atoms with van der Waals surface area (Å²) in [5, 5.41) is 12.2. The van der Waals surface area contributed by atoms with Gasteiger partial charge in [-0.15, -0.1) is 0 Å². The third kappa shape index (κ3) is 3.38. The van der Waals surface area contributed by atoms with Gasteiger partial charge in [0, 0.05) is 12.6 Å². The van der Waals surface area contributed by atoms with E-state index < -0.39 is 34.4 Å². The van der Waals surface area contributed by atoms with Crippen molar-refractivity contribution in [2.75, 3.05) is 18.5 Å². The lowest BCUT2D eigenvalue weighted by atomic mass is 10.1. The topological polar surface area (TPSA) is 114 Å². The van der Waals surface area contributed by atoms with Crippen molar-refractivity contribution in [2.45, 2.75) is 36.2 Å². The number of carbonyl (C=O) groups excluding carboxylic acids is 1. The monoisotopic (exact) mass is 342 g/mol. The summed E-state index contributed by atoms with van der Waals surface area (Å²) in [4.78, 5) is 11.0. The standard InChI is InChI=1S/C14H18N2O6S/c1-8(17)15-9-2-4-10(5-3-9)23(19,20)16-11-6-21-14-12(18)7-22-13(11)14/h2-5,11-14,16,18H,6-7H2,1H3,(H,15,17). The van der Waals surface area contributed by atoms with Crippen LogP contribution in [0.2, 0.25) is 0 Å². The van der Waals surface area contributed by atoms with Gasteiger partial charge in [0.25, 0.3) is 0 Å². The predicted octanol–water partition coefficient (Wildman–Crippen LogP) is -0.550. The molecule has 0 aliphatic carbocycles. The molecular formula is C14H18N2O6S. The molecule has 23 heavy (non-hydrogen) atoms. The van der Waals surface area contributed by atoms with E-state index in [1.165, 1.54) is 31.2 Å². The number of nitrogens with one attached hydrogen (secondary N) is 2. The lowest BCUT2D eigenvalue weighted by Gasteiger charge is -2.17. The summed E-state index contributed by atoms with van der Waals surface area (Å²) in [7, 11) is -3.75. The second kappa shape index (κ2) is 6.17. The number of rotatable bonds is 4. The number of hydrogen-bond acceptors (Lipinski definition) is 6. The van der Waals surface area contributed by atoms with Crippen LogP contribution in [0.15, 0.2) is 29.2 Å². The summed E-state index contributed by atoms with van der Waals surface area (Å²) in [6.45, 7) is 1.66. The van der Waals surface area contributed by atoms with E-state index in [9.17, 15) is 18.3 Å². The molecule has 3 N–H and O–H groups in total. The van der Waals surface area contributed by atoms with Crippen molar-refractivity contribution in [1.82, 2.24) is 4.72 Å². The Morgan fingerprint density at radius 3 is 2.48 bits per heavy atom. The first-order valence-corrected chi connectivity index (χ1v) is 8.66. The summed E-state index contributed by atoms with van der Waals surface area (Å²) >= 11 is 0. The fourth-order valence-electron chi connectivity index (χ4n) is 2.77. The highest BCUT2D eigenvalue weighted by atomic mass is 32.2. The molecule has 4 unspecified atom stereocenters. The maximum atomic E-state index is 12.4. The van der Waals surface area contributed by atoms with Gasteiger partial charge in [0.05, 0.1) is 24.2 Å². The van der Waals surface area contributed by atoms with Crippen molar-refractivity contribution in [3.05, 3.63) is 24.3 Å². The molecule has 0 spiro atoms. The number of hydrogen-bond donors (Lipinski definition) is 3. The Bertz CT molecular complexity index is 690. The fourth-order valence-corrected chi connectivity index (χ4v) is 4.00. The van der Waals surface area contributed by atoms with Crippen LogP contribution in [0.1, 0.15) is 6.92 Å². The number of benzene rings is 1. The molecule has 9 heteroatoms. The van der Waals surface area contributed by atoms with Gasteiger partial charge in [-0.25, -0.2) is 13.1 Å². The van der Waals surface area contributed by atoms with E-state index in [2.05, 4.69) is 10.0 Å². The van der Waals surface area contributed by atoms with Crippen LogP contribution in [0.5, 0.6) is 0 Å². The highest BCUT2D eigenvalue weighted by Crippen LogP contribution is 2.28. The van der Waals surface area contributed by atoms with Gasteiger partial charge in [0.15, 0.2) is 0 Å². The largest absolute Gasteiger partial charge is 0.388 e. The number of carbonyl (C=O) groups is 1. The predicted molar refractivity (Wildman–Crippen MR) is 80.3 cm³/mol. The molecule has 1 aromatic rings. The van der Waals surface area contributed by atoms with Gasteiger partial charge in [-0.2, -0.15) is 0 Å². The normalized spacial score (nSPS) is 30.2. The third-order valence-corrected chi connectivity index (χ3v) is 5.32. The minimum atomic E-state index is -3.75. The van der Waals surface area contributed by atoms with Gasteiger partial charge in [-0.3, -0.25) is 4.79 Å². The van der Waals surface area contributed by atoms with Crippen molar-refractivity contribution in [3.63, 3.8) is 0 Å². The zero-order valence-electron chi connectivity index (χ0n) is 12.4. The minimum Gasteiger partial charge on any atom is -0.388 e. The summed E-state index contributed by atoms with van der Waals surface area (Å²) in [5.41, 5.74) is 0.517. The van der Waals surface area contributed by atoms with E-state index in [1.807, 2.05) is 0 Å². The van der Waals surface area contributed by atoms with Crippen LogP contribution in [0.3, 0.4) is 0 Å². The van der Waals surface area contributed by atoms with E-state index in [-0.39, 0.29) is 24.0 Å². The molecule has 2 aliphatic heterocycles. The Kier molecular flexibility index (Phi) is 4.39. The first-order chi connectivity index (χ1) is 10.9. The van der Waals surface area contributed by atoms with Gasteiger partial charge >= 0.3 is 0 Å². The van der Waals surface area contributed by atoms with Crippen molar-refractivity contribution in [1.29, 1.82) is 0 Å². The maximum Gasteiger partial charge on any atom is 0.240 e. The van der Waals surface area contributed by atoms with Gasteiger partial charge in [-0.1, -0.05) is 0 Å². The Morgan fingerprint density at radius 1 is 1.17 bits per heavy atom. The molecule has 0 bridgehead atoms. The number of aliphatic hydroxyl groups is 1. The molecule has 0 aromatic heterocycles. The number of fused-ring (bicyclic) bond motifs is 1. The van der Waals surface area contributed by atoms with Gasteiger partial charge in [-0.05, 0) is 24.3 Å². The van der Waals surface area contributed by atoms with Crippen LogP contribution < -0.4 is 10.0 Å². The van der Waals surface area contributed by atoms with Gasteiger partial charge < -0.3 is 19.9 Å². The molecule has 3 rings (SSSR count). The zero-order chi connectivity index (χ0) is 16.6. The first-order valence-electron chi connectivity index (χ1n) is 7.18. The van der Waals surface area contributed by atoms with E-state index >= 15 is 0 Å². The molecular weight excluding hydrogens is 324 g/mol. The van der Waals surface area contributed by atoms with Crippen LogP contribution in [0.25, 0.3) is 0 Å². The highest BCUT2D eigenvalue weighted by molar-refractivity contribution is 7.89. The Morgan fingerprint density at radius 2 is 1.83 bits per heavy atom. The smallest absolute Gasteiger partial charge is 0.240 e. The molecule has 1 aromatic carbocycles. The average molecular weight is 342 g/mol. The second-order valence-corrected chi connectivity index (χ2v) is 7.31. The van der Waals surface area contributed by atoms with E-state index in [1.54, 1.807) is 0 Å². The third-order valence-electron chi connectivity index (χ3n) is 3.82. The van der Waals surface area contributed by atoms with Crippen molar-refractivity contribution >= 4 is 21.6 Å². The summed E-state index contributed by atoms with van der Waals surface area (Å²) in [6.07, 6.45) is -1.71. The summed E-state index contributed by atoms with van der Waals surface area (Å²) in [6, 6.07) is 5.30.